The van der Waals surface area contributed by atoms with Crippen LogP contribution >= 0.6 is 23.1 Å². The van der Waals surface area contributed by atoms with Gasteiger partial charge in [-0.15, -0.1) is 23.1 Å². The molecular formula is C22H20N4O3S2. The molecule has 3 N–H and O–H groups in total. The van der Waals surface area contributed by atoms with Gasteiger partial charge < -0.3 is 4.98 Å². The van der Waals surface area contributed by atoms with Gasteiger partial charge in [0, 0.05) is 9.77 Å². The highest BCUT2D eigenvalue weighted by molar-refractivity contribution is 8.00. The highest BCUT2D eigenvalue weighted by Crippen LogP contribution is 2.26. The lowest BCUT2D eigenvalue weighted by atomic mass is 10.1. The molecule has 0 saturated carbocycles. The van der Waals surface area contributed by atoms with Crippen molar-refractivity contribution in [1.29, 1.82) is 0 Å². The number of carbonyl (C=O) groups excluding carboxylic acids is 2. The highest BCUT2D eigenvalue weighted by Gasteiger charge is 2.14. The number of aromatic amines is 1. The molecule has 4 rings (SSSR count). The summed E-state index contributed by atoms with van der Waals surface area (Å²) in [5, 5.41) is 2.81. The van der Waals surface area contributed by atoms with Gasteiger partial charge in [0.05, 0.1) is 17.6 Å². The molecule has 0 radical (unpaired) electrons. The molecule has 0 saturated heterocycles. The van der Waals surface area contributed by atoms with E-state index >= 15 is 0 Å². The molecule has 31 heavy (non-hydrogen) atoms. The maximum Gasteiger partial charge on any atom is 0.259 e. The van der Waals surface area contributed by atoms with Gasteiger partial charge in [-0.25, -0.2) is 4.98 Å². The van der Waals surface area contributed by atoms with E-state index in [4.69, 9.17) is 0 Å². The van der Waals surface area contributed by atoms with Gasteiger partial charge in [0.15, 0.2) is 0 Å². The number of aromatic nitrogens is 2. The Hall–Kier alpha value is -3.17. The maximum atomic E-state index is 12.3. The molecule has 4 aromatic rings. The van der Waals surface area contributed by atoms with Gasteiger partial charge in [0.25, 0.3) is 5.56 Å². The molecule has 0 aliphatic heterocycles. The maximum absolute atomic E-state index is 12.3. The van der Waals surface area contributed by atoms with Crippen LogP contribution in [0.1, 0.15) is 16.3 Å². The fourth-order valence-electron chi connectivity index (χ4n) is 3.16. The number of carbonyl (C=O) groups is 2. The Bertz CT molecular complexity index is 1360. The van der Waals surface area contributed by atoms with Crippen molar-refractivity contribution in [1.82, 2.24) is 20.8 Å². The molecular weight excluding hydrogens is 432 g/mol. The van der Waals surface area contributed by atoms with Crippen molar-refractivity contribution in [2.24, 2.45) is 0 Å². The zero-order valence-corrected chi connectivity index (χ0v) is 18.6. The lowest BCUT2D eigenvalue weighted by Crippen LogP contribution is -2.43. The molecule has 2 amide bonds. The van der Waals surface area contributed by atoms with Crippen molar-refractivity contribution in [3.63, 3.8) is 0 Å². The molecule has 0 bridgehead atoms. The molecule has 0 spiro atoms. The first kappa shape index (κ1) is 21.1. The van der Waals surface area contributed by atoms with E-state index in [1.807, 2.05) is 56.3 Å². The topological polar surface area (TPSA) is 104 Å². The molecule has 0 aliphatic rings. The minimum Gasteiger partial charge on any atom is -0.309 e. The van der Waals surface area contributed by atoms with Crippen LogP contribution in [0.15, 0.2) is 52.2 Å². The monoisotopic (exact) mass is 452 g/mol. The fraction of sp³-hybridized carbons (Fsp3) is 0.182. The van der Waals surface area contributed by atoms with Crippen LogP contribution in [0, 0.1) is 13.8 Å². The quantitative estimate of drug-likeness (QED) is 0.319. The number of nitrogens with zero attached hydrogens (tertiary/aromatic N) is 1. The smallest absolute Gasteiger partial charge is 0.259 e. The Kier molecular flexibility index (Phi) is 6.06. The van der Waals surface area contributed by atoms with E-state index in [1.165, 1.54) is 23.1 Å². The predicted octanol–water partition coefficient (Wildman–Crippen LogP) is 3.24. The molecule has 0 unspecified atom stereocenters. The van der Waals surface area contributed by atoms with E-state index in [-0.39, 0.29) is 29.5 Å². The number of fused-ring (bicyclic) bond motifs is 2. The lowest BCUT2D eigenvalue weighted by Gasteiger charge is -2.08. The average Bonchev–Trinajstić information content (AvgIpc) is 3.04. The first-order valence-electron chi connectivity index (χ1n) is 9.59. The van der Waals surface area contributed by atoms with E-state index in [2.05, 4.69) is 20.8 Å². The number of rotatable bonds is 5. The fourth-order valence-corrected chi connectivity index (χ4v) is 4.95. The summed E-state index contributed by atoms with van der Waals surface area (Å²) in [5.74, 6) is -0.367. The number of thiophene rings is 1. The van der Waals surface area contributed by atoms with Gasteiger partial charge in [-0.3, -0.25) is 25.2 Å². The third kappa shape index (κ3) is 4.78. The SMILES string of the molecule is Cc1sc2nc(CC(=O)NNC(=O)CSc3ccc4ccccc4c3)[nH]c(=O)c2c1C. The van der Waals surface area contributed by atoms with Crippen LogP contribution in [-0.4, -0.2) is 27.5 Å². The van der Waals surface area contributed by atoms with Gasteiger partial charge in [-0.2, -0.15) is 0 Å². The summed E-state index contributed by atoms with van der Waals surface area (Å²) in [6.07, 6.45) is -0.140. The summed E-state index contributed by atoms with van der Waals surface area (Å²) in [5.41, 5.74) is 5.41. The zero-order chi connectivity index (χ0) is 22.0. The molecule has 2 aromatic carbocycles. The van der Waals surface area contributed by atoms with Gasteiger partial charge in [-0.05, 0) is 42.3 Å². The Morgan fingerprint density at radius 3 is 2.61 bits per heavy atom. The number of amides is 2. The van der Waals surface area contributed by atoms with Crippen LogP contribution < -0.4 is 16.4 Å². The van der Waals surface area contributed by atoms with E-state index in [0.29, 0.717) is 10.2 Å². The standard InChI is InChI=1S/C22H20N4O3S2/c1-12-13(2)31-22-20(12)21(29)23-17(24-22)10-18(27)25-26-19(28)11-30-16-8-7-14-5-3-4-6-15(14)9-16/h3-9H,10-11H2,1-2H3,(H,25,27)(H,26,28)(H,23,24,29). The summed E-state index contributed by atoms with van der Waals surface area (Å²) in [4.78, 5) is 46.2. The van der Waals surface area contributed by atoms with Gasteiger partial charge in [-0.1, -0.05) is 30.3 Å². The number of benzene rings is 2. The van der Waals surface area contributed by atoms with Gasteiger partial charge >= 0.3 is 0 Å². The van der Waals surface area contributed by atoms with Crippen molar-refractivity contribution < 1.29 is 9.59 Å². The Balaban J connectivity index is 1.30. The number of nitrogens with one attached hydrogen (secondary N) is 3. The third-order valence-corrected chi connectivity index (χ3v) is 6.94. The first-order valence-corrected chi connectivity index (χ1v) is 11.4. The van der Waals surface area contributed by atoms with E-state index in [0.717, 1.165) is 26.1 Å². The number of aryl methyl sites for hydroxylation is 2. The van der Waals surface area contributed by atoms with Crippen LogP contribution in [0.3, 0.4) is 0 Å². The minimum atomic E-state index is -0.462. The van der Waals surface area contributed by atoms with Gasteiger partial charge in [0.1, 0.15) is 10.7 Å². The van der Waals surface area contributed by atoms with E-state index in [9.17, 15) is 14.4 Å². The summed E-state index contributed by atoms with van der Waals surface area (Å²) in [6, 6.07) is 14.0. The van der Waals surface area contributed by atoms with Crippen LogP contribution in [0.5, 0.6) is 0 Å². The number of hydrogen-bond donors (Lipinski definition) is 3. The molecule has 158 valence electrons. The molecule has 0 atom stereocenters. The predicted molar refractivity (Wildman–Crippen MR) is 124 cm³/mol. The van der Waals surface area contributed by atoms with Gasteiger partial charge in [0.2, 0.25) is 11.8 Å². The zero-order valence-electron chi connectivity index (χ0n) is 16.9. The molecule has 0 fully saturated rings. The molecule has 2 heterocycles. The Morgan fingerprint density at radius 2 is 1.81 bits per heavy atom. The summed E-state index contributed by atoms with van der Waals surface area (Å²) in [7, 11) is 0. The third-order valence-electron chi connectivity index (χ3n) is 4.85. The van der Waals surface area contributed by atoms with Crippen molar-refractivity contribution >= 4 is 55.9 Å². The van der Waals surface area contributed by atoms with Crippen LogP contribution in [0.4, 0.5) is 0 Å². The number of H-pyrrole nitrogens is 1. The van der Waals surface area contributed by atoms with E-state index in [1.54, 1.807) is 0 Å². The van der Waals surface area contributed by atoms with E-state index < -0.39 is 5.91 Å². The van der Waals surface area contributed by atoms with Crippen molar-refractivity contribution in [2.45, 2.75) is 25.2 Å². The highest BCUT2D eigenvalue weighted by atomic mass is 32.2. The summed E-state index contributed by atoms with van der Waals surface area (Å²) >= 11 is 2.81. The molecule has 9 heteroatoms. The number of hydrogen-bond acceptors (Lipinski definition) is 6. The second-order valence-corrected chi connectivity index (χ2v) is 9.30. The molecule has 2 aromatic heterocycles. The average molecular weight is 453 g/mol. The van der Waals surface area contributed by atoms with Crippen LogP contribution in [0.2, 0.25) is 0 Å². The summed E-state index contributed by atoms with van der Waals surface area (Å²) < 4.78 is 0. The van der Waals surface area contributed by atoms with Crippen molar-refractivity contribution in [3.8, 4) is 0 Å². The Labute approximate surface area is 186 Å². The number of thioether (sulfide) groups is 1. The largest absolute Gasteiger partial charge is 0.309 e. The minimum absolute atomic E-state index is 0.140. The summed E-state index contributed by atoms with van der Waals surface area (Å²) in [6.45, 7) is 3.81. The first-order chi connectivity index (χ1) is 14.9. The lowest BCUT2D eigenvalue weighted by molar-refractivity contribution is -0.127. The number of hydrazine groups is 1. The normalized spacial score (nSPS) is 11.0. The molecule has 7 nitrogen and oxygen atoms in total. The second kappa shape index (κ2) is 8.91. The van der Waals surface area contributed by atoms with Crippen molar-refractivity contribution in [2.75, 3.05) is 5.75 Å². The van der Waals surface area contributed by atoms with Crippen LogP contribution in [0.25, 0.3) is 21.0 Å². The Morgan fingerprint density at radius 1 is 1.06 bits per heavy atom. The van der Waals surface area contributed by atoms with Crippen LogP contribution in [-0.2, 0) is 16.0 Å². The second-order valence-electron chi connectivity index (χ2n) is 7.05. The molecule has 0 aliphatic carbocycles. The van der Waals surface area contributed by atoms with Crippen molar-refractivity contribution in [3.05, 3.63) is 69.1 Å².